The second kappa shape index (κ2) is 20.1. The molecule has 2 aliphatic heterocycles. The van der Waals surface area contributed by atoms with E-state index in [4.69, 9.17) is 18.3 Å². The maximum atomic E-state index is 15.5. The van der Waals surface area contributed by atoms with E-state index in [9.17, 15) is 18.9 Å². The van der Waals surface area contributed by atoms with Crippen molar-refractivity contribution in [2.75, 3.05) is 19.8 Å². The van der Waals surface area contributed by atoms with Gasteiger partial charge in [0.1, 0.15) is 11.7 Å². The van der Waals surface area contributed by atoms with Gasteiger partial charge in [-0.2, -0.15) is 0 Å². The Kier molecular flexibility index (Phi) is 16.2. The molecule has 0 spiro atoms. The third-order valence-electron chi connectivity index (χ3n) is 7.37. The van der Waals surface area contributed by atoms with Crippen molar-refractivity contribution in [2.45, 2.75) is 89.3 Å². The molecule has 5 unspecified atom stereocenters. The van der Waals surface area contributed by atoms with Crippen molar-refractivity contribution >= 4 is 13.7 Å². The molecule has 13 heteroatoms. The average molecular weight is 676 g/mol. The van der Waals surface area contributed by atoms with Gasteiger partial charge in [-0.3, -0.25) is 32.7 Å². The molecule has 0 bridgehead atoms. The van der Waals surface area contributed by atoms with Crippen molar-refractivity contribution in [1.82, 2.24) is 14.9 Å². The molecule has 2 N–H and O–H groups in total. The lowest BCUT2D eigenvalue weighted by atomic mass is 9.96. The molecule has 3 rings (SSSR count). The van der Waals surface area contributed by atoms with Crippen molar-refractivity contribution in [3.63, 3.8) is 0 Å². The number of nitrogens with zero attached hydrogens (tertiary/aromatic N) is 1. The van der Waals surface area contributed by atoms with Crippen molar-refractivity contribution in [2.24, 2.45) is 0 Å². The SMILES string of the molecule is CCC=CCC=CCC=CCC=CCC=CCC=CCCC(=O)NCCOP1(=O)OCC2OC(n3ccc(=O)[nH]c3=O)C(F)C2(C)O1. The number of alkyl halides is 1. The monoisotopic (exact) mass is 675 g/mol. The number of fused-ring (bicyclic) bond motifs is 1. The maximum Gasteiger partial charge on any atom is 0.475 e. The first-order valence-corrected chi connectivity index (χ1v) is 17.5. The van der Waals surface area contributed by atoms with Gasteiger partial charge in [-0.05, 0) is 51.9 Å². The third-order valence-corrected chi connectivity index (χ3v) is 8.95. The van der Waals surface area contributed by atoms with E-state index in [0.29, 0.717) is 6.42 Å². The normalized spacial score (nSPS) is 26.6. The number of aromatic nitrogens is 2. The molecule has 3 heterocycles. The molecular weight excluding hydrogens is 628 g/mol. The molecule has 47 heavy (non-hydrogen) atoms. The lowest BCUT2D eigenvalue weighted by Crippen LogP contribution is -2.50. The number of allylic oxidation sites excluding steroid dienone is 12. The van der Waals surface area contributed by atoms with Crippen LogP contribution < -0.4 is 16.6 Å². The van der Waals surface area contributed by atoms with Gasteiger partial charge in [0, 0.05) is 25.2 Å². The minimum Gasteiger partial charge on any atom is -0.354 e. The fourth-order valence-corrected chi connectivity index (χ4v) is 6.27. The summed E-state index contributed by atoms with van der Waals surface area (Å²) in [4.78, 5) is 37.7. The first-order valence-electron chi connectivity index (χ1n) is 16.1. The molecule has 2 fully saturated rings. The maximum absolute atomic E-state index is 15.5. The lowest BCUT2D eigenvalue weighted by Gasteiger charge is -2.38. The van der Waals surface area contributed by atoms with E-state index in [-0.39, 0.29) is 32.1 Å². The van der Waals surface area contributed by atoms with Crippen LogP contribution in [0.1, 0.15) is 71.4 Å². The number of phosphoric ester groups is 1. The molecule has 1 aromatic heterocycles. The molecular formula is C34H47FN3O8P. The van der Waals surface area contributed by atoms with E-state index in [1.165, 1.54) is 6.92 Å². The molecule has 0 aromatic carbocycles. The van der Waals surface area contributed by atoms with Crippen LogP contribution in [-0.4, -0.2) is 53.1 Å². The van der Waals surface area contributed by atoms with Gasteiger partial charge < -0.3 is 10.1 Å². The van der Waals surface area contributed by atoms with E-state index < -0.39 is 43.2 Å². The molecule has 1 amide bonds. The van der Waals surface area contributed by atoms with Crippen molar-refractivity contribution in [3.8, 4) is 0 Å². The summed E-state index contributed by atoms with van der Waals surface area (Å²) in [6.07, 6.45) is 28.7. The summed E-state index contributed by atoms with van der Waals surface area (Å²) >= 11 is 0. The van der Waals surface area contributed by atoms with Crippen LogP contribution in [0.4, 0.5) is 4.39 Å². The largest absolute Gasteiger partial charge is 0.475 e. The Hall–Kier alpha value is -3.41. The van der Waals surface area contributed by atoms with Crippen LogP contribution in [-0.2, 0) is 27.7 Å². The van der Waals surface area contributed by atoms with Crippen molar-refractivity contribution in [3.05, 3.63) is 106 Å². The molecule has 1 aromatic rings. The number of hydrogen-bond acceptors (Lipinski definition) is 8. The molecule has 0 aliphatic carbocycles. The fourth-order valence-electron chi connectivity index (χ4n) is 4.76. The zero-order chi connectivity index (χ0) is 34.0. The summed E-state index contributed by atoms with van der Waals surface area (Å²) in [7, 11) is -4.19. The Morgan fingerprint density at radius 3 is 2.17 bits per heavy atom. The number of aromatic amines is 1. The van der Waals surface area contributed by atoms with E-state index >= 15 is 4.39 Å². The summed E-state index contributed by atoms with van der Waals surface area (Å²) in [6.45, 7) is 3.04. The van der Waals surface area contributed by atoms with Crippen LogP contribution in [0.3, 0.4) is 0 Å². The van der Waals surface area contributed by atoms with Gasteiger partial charge in [-0.1, -0.05) is 79.8 Å². The summed E-state index contributed by atoms with van der Waals surface area (Å²) in [5, 5.41) is 2.67. The predicted octanol–water partition coefficient (Wildman–Crippen LogP) is 6.30. The van der Waals surface area contributed by atoms with Gasteiger partial charge in [0.15, 0.2) is 12.4 Å². The standard InChI is InChI=1S/C34H47FN3O8P/c1-3-4-5-6-7-8-9-10-11-12-13-14-15-16-17-18-19-20-21-22-29(39)36-24-26-43-47(42)44-27-28-34(2,46-47)31(35)32(45-28)38-25-23-30(40)37-33(38)41/h4-5,7-8,10-11,13-14,16-17,19-20,23,25,28,31-32H,3,6,9,12,15,18,21-22,24,26-27H2,1-2H3,(H,36,39)(H,37,40,41). The second-order valence-corrected chi connectivity index (χ2v) is 12.7. The van der Waals surface area contributed by atoms with Gasteiger partial charge in [0.05, 0.1) is 13.2 Å². The zero-order valence-electron chi connectivity index (χ0n) is 27.1. The lowest BCUT2D eigenvalue weighted by molar-refractivity contribution is -0.121. The Morgan fingerprint density at radius 1 is 1.02 bits per heavy atom. The van der Waals surface area contributed by atoms with Gasteiger partial charge in [-0.25, -0.2) is 13.8 Å². The highest BCUT2D eigenvalue weighted by molar-refractivity contribution is 7.48. The molecule has 258 valence electrons. The van der Waals surface area contributed by atoms with Gasteiger partial charge in [-0.15, -0.1) is 0 Å². The number of halogens is 1. The fraction of sp³-hybridized carbons (Fsp3) is 0.500. The van der Waals surface area contributed by atoms with E-state index in [2.05, 4.69) is 73.0 Å². The third kappa shape index (κ3) is 12.6. The highest BCUT2D eigenvalue weighted by Gasteiger charge is 2.62. The predicted molar refractivity (Wildman–Crippen MR) is 180 cm³/mol. The van der Waals surface area contributed by atoms with Crippen LogP contribution in [0, 0.1) is 0 Å². The Bertz CT molecular complexity index is 1480. The number of rotatable bonds is 19. The van der Waals surface area contributed by atoms with Crippen LogP contribution in [0.15, 0.2) is 94.8 Å². The number of carbonyl (C=O) groups excluding carboxylic acids is 1. The molecule has 5 atom stereocenters. The van der Waals surface area contributed by atoms with Crippen molar-refractivity contribution < 1.29 is 32.1 Å². The average Bonchev–Trinajstić information content (AvgIpc) is 3.29. The topological polar surface area (TPSA) is 138 Å². The summed E-state index contributed by atoms with van der Waals surface area (Å²) in [6, 6.07) is 1.06. The molecule has 0 saturated carbocycles. The van der Waals surface area contributed by atoms with Crippen LogP contribution in [0.25, 0.3) is 0 Å². The minimum absolute atomic E-state index is 0.0460. The minimum atomic E-state index is -4.19. The van der Waals surface area contributed by atoms with Gasteiger partial charge >= 0.3 is 13.5 Å². The number of amides is 1. The van der Waals surface area contributed by atoms with E-state index in [0.717, 1.165) is 55.4 Å². The number of phosphoric acid groups is 1. The number of nitrogens with one attached hydrogen (secondary N) is 2. The highest BCUT2D eigenvalue weighted by Crippen LogP contribution is 2.60. The quantitative estimate of drug-likeness (QED) is 0.0991. The molecule has 2 aliphatic rings. The Labute approximate surface area is 275 Å². The van der Waals surface area contributed by atoms with Gasteiger partial charge in [0.2, 0.25) is 5.91 Å². The Morgan fingerprint density at radius 2 is 1.60 bits per heavy atom. The zero-order valence-corrected chi connectivity index (χ0v) is 28.0. The summed E-state index contributed by atoms with van der Waals surface area (Å²) in [5.74, 6) is -0.203. The van der Waals surface area contributed by atoms with Crippen LogP contribution >= 0.6 is 7.82 Å². The Balaban J connectivity index is 1.24. The van der Waals surface area contributed by atoms with E-state index in [1.54, 1.807) is 0 Å². The summed E-state index contributed by atoms with van der Waals surface area (Å²) < 4.78 is 51.0. The van der Waals surface area contributed by atoms with Crippen molar-refractivity contribution in [1.29, 1.82) is 0 Å². The number of hydrogen-bond donors (Lipinski definition) is 2. The summed E-state index contributed by atoms with van der Waals surface area (Å²) in [5.41, 5.74) is -3.23. The number of ether oxygens (including phenoxy) is 1. The number of carbonyl (C=O) groups is 1. The van der Waals surface area contributed by atoms with Crippen LogP contribution in [0.2, 0.25) is 0 Å². The first-order chi connectivity index (χ1) is 22.7. The molecule has 2 saturated heterocycles. The van der Waals surface area contributed by atoms with E-state index in [1.807, 2.05) is 17.1 Å². The molecule has 0 radical (unpaired) electrons. The first kappa shape index (κ1) is 38.0. The number of H-pyrrole nitrogens is 1. The molecule has 11 nitrogen and oxygen atoms in total. The van der Waals surface area contributed by atoms with Gasteiger partial charge in [0.25, 0.3) is 5.56 Å². The highest BCUT2D eigenvalue weighted by atomic mass is 31.2. The smallest absolute Gasteiger partial charge is 0.354 e. The van der Waals surface area contributed by atoms with Crippen LogP contribution in [0.5, 0.6) is 0 Å². The second-order valence-electron chi connectivity index (χ2n) is 11.1.